The first kappa shape index (κ1) is 39.8. The molecule has 1 aliphatic heterocycles. The van der Waals surface area contributed by atoms with E-state index < -0.39 is 11.5 Å². The van der Waals surface area contributed by atoms with Crippen LogP contribution in [0.3, 0.4) is 0 Å². The van der Waals surface area contributed by atoms with E-state index in [0.717, 1.165) is 51.8 Å². The van der Waals surface area contributed by atoms with Crippen LogP contribution >= 0.6 is 34.8 Å². The number of carboxylic acids is 1. The summed E-state index contributed by atoms with van der Waals surface area (Å²) in [6.07, 6.45) is 6.71. The Balaban J connectivity index is 1.02. The molecule has 2 aliphatic carbocycles. The molecule has 0 radical (unpaired) electrons. The summed E-state index contributed by atoms with van der Waals surface area (Å²) in [6.45, 7) is 1.52. The van der Waals surface area contributed by atoms with E-state index in [4.69, 9.17) is 59.0 Å². The molecule has 58 heavy (non-hydrogen) atoms. The van der Waals surface area contributed by atoms with E-state index >= 15 is 0 Å². The maximum Gasteiger partial charge on any atom is 0.323 e. The van der Waals surface area contributed by atoms with Crippen LogP contribution in [0.5, 0.6) is 17.6 Å². The normalized spacial score (nSPS) is 17.8. The smallest absolute Gasteiger partial charge is 0.323 e. The van der Waals surface area contributed by atoms with Crippen molar-refractivity contribution in [3.63, 3.8) is 0 Å². The number of halogens is 3. The fourth-order valence-corrected chi connectivity index (χ4v) is 8.32. The number of hydrogen-bond acceptors (Lipinski definition) is 10. The number of rotatable bonds is 16. The lowest BCUT2D eigenvalue weighted by atomic mass is 9.94. The first-order chi connectivity index (χ1) is 28.1. The highest BCUT2D eigenvalue weighted by atomic mass is 35.5. The number of fused-ring (bicyclic) bond motifs is 1. The Morgan fingerprint density at radius 1 is 0.914 bits per heavy atom. The third-order valence-electron chi connectivity index (χ3n) is 10.9. The number of amides is 1. The van der Waals surface area contributed by atoms with Crippen molar-refractivity contribution in [1.82, 2.24) is 30.9 Å². The van der Waals surface area contributed by atoms with Crippen molar-refractivity contribution >= 4 is 46.7 Å². The molecule has 0 unspecified atom stereocenters. The number of methoxy groups -OCH3 is 1. The van der Waals surface area contributed by atoms with Gasteiger partial charge in [-0.1, -0.05) is 77.3 Å². The fourth-order valence-electron chi connectivity index (χ4n) is 7.58. The summed E-state index contributed by atoms with van der Waals surface area (Å²) in [5, 5.41) is 20.6. The van der Waals surface area contributed by atoms with Crippen molar-refractivity contribution in [2.24, 2.45) is 0 Å². The molecule has 4 N–H and O–H groups in total. The number of benzene rings is 2. The highest BCUT2D eigenvalue weighted by Crippen LogP contribution is 2.45. The zero-order valence-electron chi connectivity index (χ0n) is 31.6. The summed E-state index contributed by atoms with van der Waals surface area (Å²) in [7, 11) is 1.60. The molecule has 0 bridgehead atoms. The Morgan fingerprint density at radius 2 is 1.72 bits per heavy atom. The van der Waals surface area contributed by atoms with E-state index in [1.807, 2.05) is 42.5 Å². The molecule has 5 aromatic rings. The number of nitrogens with one attached hydrogen (secondary N) is 3. The molecular formula is C43H41Cl3N6O6. The molecule has 1 saturated carbocycles. The third-order valence-corrected chi connectivity index (χ3v) is 11.7. The van der Waals surface area contributed by atoms with Crippen molar-refractivity contribution in [1.29, 1.82) is 0 Å². The molecular weight excluding hydrogens is 803 g/mol. The van der Waals surface area contributed by atoms with Crippen molar-refractivity contribution in [2.75, 3.05) is 13.7 Å². The zero-order chi connectivity index (χ0) is 40.4. The van der Waals surface area contributed by atoms with E-state index in [1.54, 1.807) is 31.6 Å². The van der Waals surface area contributed by atoms with Gasteiger partial charge in [0.15, 0.2) is 0 Å². The average Bonchev–Trinajstić information content (AvgIpc) is 3.75. The highest BCUT2D eigenvalue weighted by molar-refractivity contribution is 6.36. The van der Waals surface area contributed by atoms with Gasteiger partial charge in [-0.3, -0.25) is 19.9 Å². The van der Waals surface area contributed by atoms with Crippen LogP contribution in [0.25, 0.3) is 22.4 Å². The lowest BCUT2D eigenvalue weighted by Gasteiger charge is -2.19. The van der Waals surface area contributed by atoms with Gasteiger partial charge in [0, 0.05) is 72.3 Å². The lowest BCUT2D eigenvalue weighted by Crippen LogP contribution is -2.38. The summed E-state index contributed by atoms with van der Waals surface area (Å²) < 4.78 is 18.4. The van der Waals surface area contributed by atoms with Crippen LogP contribution in [0, 0.1) is 0 Å². The van der Waals surface area contributed by atoms with Gasteiger partial charge in [-0.2, -0.15) is 4.98 Å². The van der Waals surface area contributed by atoms with Crippen LogP contribution in [0.4, 0.5) is 0 Å². The van der Waals surface area contributed by atoms with Gasteiger partial charge in [0.1, 0.15) is 23.3 Å². The molecule has 300 valence electrons. The molecule has 2 atom stereocenters. The monoisotopic (exact) mass is 842 g/mol. The standard InChI is InChI=1S/C43H41Cl3N6O6/c1-56-39-25(19-48-22-28-9-13-37(53)50-28)8-11-35(51-39)33-7-3-6-32(38(33)46)29-4-2-5-31-30(29)10-12-36(31)58-41-34(45)17-26(20-49-43(14-15-43)42(54)55)40(52-41)57-23-24-16-27(44)21-47-18-24/h2-8,11,16-18,21,28,36,48-49H,9-10,12-15,19-20,22-23H2,1H3,(H,50,53)(H,54,55)/t28-,36-/m0/s1. The molecule has 1 amide bonds. The summed E-state index contributed by atoms with van der Waals surface area (Å²) in [5.74, 6) is 0.165. The van der Waals surface area contributed by atoms with Crippen molar-refractivity contribution in [3.8, 4) is 40.0 Å². The number of ether oxygens (including phenoxy) is 3. The van der Waals surface area contributed by atoms with Crippen LogP contribution in [0.2, 0.25) is 15.1 Å². The number of pyridine rings is 3. The molecule has 0 spiro atoms. The number of carbonyl (C=O) groups excluding carboxylic acids is 1. The molecule has 12 nitrogen and oxygen atoms in total. The first-order valence-corrected chi connectivity index (χ1v) is 20.3. The van der Waals surface area contributed by atoms with Crippen molar-refractivity contribution in [2.45, 2.75) is 75.9 Å². The Morgan fingerprint density at radius 3 is 2.48 bits per heavy atom. The van der Waals surface area contributed by atoms with Crippen LogP contribution in [-0.2, 0) is 35.7 Å². The number of nitrogens with zero attached hydrogens (tertiary/aromatic N) is 3. The summed E-state index contributed by atoms with van der Waals surface area (Å²) in [6, 6.07) is 19.6. The van der Waals surface area contributed by atoms with E-state index in [0.29, 0.717) is 66.0 Å². The topological polar surface area (TPSA) is 157 Å². The summed E-state index contributed by atoms with van der Waals surface area (Å²) in [4.78, 5) is 37.1. The quantitative estimate of drug-likeness (QED) is 0.0766. The van der Waals surface area contributed by atoms with Gasteiger partial charge in [0.2, 0.25) is 23.5 Å². The second-order valence-corrected chi connectivity index (χ2v) is 16.0. The van der Waals surface area contributed by atoms with Gasteiger partial charge < -0.3 is 30.0 Å². The van der Waals surface area contributed by atoms with Crippen LogP contribution in [0.1, 0.15) is 66.0 Å². The Bertz CT molecular complexity index is 2380. The summed E-state index contributed by atoms with van der Waals surface area (Å²) in [5.41, 5.74) is 6.71. The Hall–Kier alpha value is -4.98. The number of aliphatic carboxylic acids is 1. The van der Waals surface area contributed by atoms with Crippen molar-refractivity contribution < 1.29 is 28.9 Å². The number of carboxylic acid groups (broad SMARTS) is 1. The predicted molar refractivity (Wildman–Crippen MR) is 220 cm³/mol. The van der Waals surface area contributed by atoms with Gasteiger partial charge in [-0.15, -0.1) is 0 Å². The van der Waals surface area contributed by atoms with Gasteiger partial charge in [-0.05, 0) is 67.0 Å². The predicted octanol–water partition coefficient (Wildman–Crippen LogP) is 7.89. The molecule has 2 aromatic carbocycles. The Labute approximate surface area is 350 Å². The molecule has 8 rings (SSSR count). The van der Waals surface area contributed by atoms with Gasteiger partial charge in [0.25, 0.3) is 0 Å². The van der Waals surface area contributed by atoms with E-state index in [2.05, 4.69) is 27.0 Å². The van der Waals surface area contributed by atoms with Gasteiger partial charge in [0.05, 0.1) is 22.8 Å². The average molecular weight is 844 g/mol. The largest absolute Gasteiger partial charge is 0.481 e. The van der Waals surface area contributed by atoms with Crippen LogP contribution in [-0.4, -0.2) is 57.2 Å². The number of aromatic nitrogens is 3. The molecule has 3 aliphatic rings. The minimum atomic E-state index is -0.966. The minimum absolute atomic E-state index is 0.0913. The maximum absolute atomic E-state index is 11.9. The molecule has 2 fully saturated rings. The van der Waals surface area contributed by atoms with Crippen molar-refractivity contribution in [3.05, 3.63) is 116 Å². The fraction of sp³-hybridized carbons (Fsp3) is 0.326. The summed E-state index contributed by atoms with van der Waals surface area (Å²) >= 11 is 20.2. The van der Waals surface area contributed by atoms with Gasteiger partial charge >= 0.3 is 5.97 Å². The molecule has 15 heteroatoms. The second-order valence-electron chi connectivity index (χ2n) is 14.8. The number of hydrogen-bond donors (Lipinski definition) is 4. The van der Waals surface area contributed by atoms with Gasteiger partial charge in [-0.25, -0.2) is 4.98 Å². The van der Waals surface area contributed by atoms with E-state index in [-0.39, 0.29) is 48.0 Å². The SMILES string of the molecule is COc1nc(-c2cccc(-c3cccc4c3CC[C@@H]4Oc3nc(OCc4cncc(Cl)c4)c(CNC4(C(=O)O)CC4)cc3Cl)c2Cl)ccc1CNC[C@@H]1CCC(=O)N1. The second kappa shape index (κ2) is 17.1. The zero-order valence-corrected chi connectivity index (χ0v) is 33.9. The Kier molecular flexibility index (Phi) is 11.7. The maximum atomic E-state index is 11.9. The molecule has 3 aromatic heterocycles. The molecule has 4 heterocycles. The van der Waals surface area contributed by atoms with E-state index in [1.165, 1.54) is 0 Å². The minimum Gasteiger partial charge on any atom is -0.481 e. The number of carbonyl (C=O) groups is 2. The first-order valence-electron chi connectivity index (χ1n) is 19.1. The molecule has 1 saturated heterocycles. The third kappa shape index (κ3) is 8.57. The van der Waals surface area contributed by atoms with E-state index in [9.17, 15) is 14.7 Å². The van der Waals surface area contributed by atoms with Crippen LogP contribution in [0.15, 0.2) is 73.1 Å². The van der Waals surface area contributed by atoms with Crippen LogP contribution < -0.4 is 30.2 Å². The highest BCUT2D eigenvalue weighted by Gasteiger charge is 2.50. The lowest BCUT2D eigenvalue weighted by molar-refractivity contribution is -0.140.